The average Bonchev–Trinajstić information content (AvgIpc) is 3.08. The number of halogens is 1. The fourth-order valence-electron chi connectivity index (χ4n) is 2.83. The van der Waals surface area contributed by atoms with Gasteiger partial charge in [0.2, 0.25) is 0 Å². The molecule has 0 unspecified atom stereocenters. The average molecular weight is 363 g/mol. The lowest BCUT2D eigenvalue weighted by molar-refractivity contribution is 0.102. The zero-order chi connectivity index (χ0) is 17.9. The van der Waals surface area contributed by atoms with Crippen LogP contribution in [-0.2, 0) is 6.54 Å². The molecule has 0 spiro atoms. The molecule has 0 atom stereocenters. The molecule has 0 aliphatic heterocycles. The second-order valence-corrected chi connectivity index (χ2v) is 6.33. The summed E-state index contributed by atoms with van der Waals surface area (Å²) in [6, 6.07) is 17.2. The second-order valence-electron chi connectivity index (χ2n) is 5.90. The molecule has 0 aliphatic carbocycles. The summed E-state index contributed by atoms with van der Waals surface area (Å²) < 4.78 is 1.89. The molecule has 0 aliphatic rings. The minimum atomic E-state index is -0.283. The van der Waals surface area contributed by atoms with Crippen molar-refractivity contribution in [3.63, 3.8) is 0 Å². The highest BCUT2D eigenvalue weighted by atomic mass is 35.5. The van der Waals surface area contributed by atoms with Crippen molar-refractivity contribution in [3.8, 4) is 0 Å². The Kier molecular flexibility index (Phi) is 4.37. The van der Waals surface area contributed by atoms with Gasteiger partial charge >= 0.3 is 0 Å². The molecule has 2 aromatic carbocycles. The first-order valence-electron chi connectivity index (χ1n) is 8.10. The number of imidazole rings is 1. The minimum absolute atomic E-state index is 0.283. The minimum Gasteiger partial charge on any atom is -0.331 e. The predicted molar refractivity (Wildman–Crippen MR) is 102 cm³/mol. The highest BCUT2D eigenvalue weighted by Gasteiger charge is 2.13. The summed E-state index contributed by atoms with van der Waals surface area (Å²) in [5.41, 5.74) is 1.44. The first kappa shape index (κ1) is 16.3. The van der Waals surface area contributed by atoms with Crippen LogP contribution in [0.5, 0.6) is 0 Å². The molecule has 128 valence electrons. The van der Waals surface area contributed by atoms with Crippen LogP contribution in [0.25, 0.3) is 10.8 Å². The van der Waals surface area contributed by atoms with Crippen molar-refractivity contribution in [2.75, 3.05) is 5.32 Å². The number of nitrogens with one attached hydrogen (secondary N) is 1. The molecule has 1 amide bonds. The summed E-state index contributed by atoms with van der Waals surface area (Å²) in [5.74, 6) is 0.196. The van der Waals surface area contributed by atoms with Crippen LogP contribution >= 0.6 is 11.6 Å². The lowest BCUT2D eigenvalue weighted by atomic mass is 10.1. The molecule has 0 saturated carbocycles. The SMILES string of the molecule is O=C(Nc1cn(Cc2cccc(Cl)c2)cn1)c1nccc2ccccc12. The number of aromatic nitrogens is 3. The number of hydrogen-bond acceptors (Lipinski definition) is 3. The van der Waals surface area contributed by atoms with E-state index in [4.69, 9.17) is 11.6 Å². The molecule has 0 fully saturated rings. The predicted octanol–water partition coefficient (Wildman–Crippen LogP) is 4.39. The number of pyridine rings is 1. The lowest BCUT2D eigenvalue weighted by Gasteiger charge is -2.05. The van der Waals surface area contributed by atoms with E-state index in [2.05, 4.69) is 15.3 Å². The fraction of sp³-hybridized carbons (Fsp3) is 0.0500. The molecule has 26 heavy (non-hydrogen) atoms. The van der Waals surface area contributed by atoms with E-state index >= 15 is 0 Å². The van der Waals surface area contributed by atoms with E-state index in [1.54, 1.807) is 18.7 Å². The fourth-order valence-corrected chi connectivity index (χ4v) is 3.05. The van der Waals surface area contributed by atoms with Crippen molar-refractivity contribution < 1.29 is 4.79 Å². The second kappa shape index (κ2) is 6.98. The van der Waals surface area contributed by atoms with E-state index in [9.17, 15) is 4.79 Å². The van der Waals surface area contributed by atoms with E-state index in [1.165, 1.54) is 0 Å². The maximum Gasteiger partial charge on any atom is 0.276 e. The Labute approximate surface area is 155 Å². The third-order valence-corrected chi connectivity index (χ3v) is 4.25. The van der Waals surface area contributed by atoms with Crippen LogP contribution < -0.4 is 5.32 Å². The van der Waals surface area contributed by atoms with Gasteiger partial charge < -0.3 is 9.88 Å². The Balaban J connectivity index is 1.52. The maximum atomic E-state index is 12.6. The normalized spacial score (nSPS) is 10.8. The zero-order valence-corrected chi connectivity index (χ0v) is 14.5. The first-order valence-corrected chi connectivity index (χ1v) is 8.48. The molecule has 1 N–H and O–H groups in total. The lowest BCUT2D eigenvalue weighted by Crippen LogP contribution is -2.14. The number of amides is 1. The number of rotatable bonds is 4. The van der Waals surface area contributed by atoms with E-state index in [0.717, 1.165) is 16.3 Å². The Morgan fingerprint density at radius 1 is 1.08 bits per heavy atom. The molecule has 0 radical (unpaired) electrons. The van der Waals surface area contributed by atoms with Gasteiger partial charge in [0.25, 0.3) is 5.91 Å². The smallest absolute Gasteiger partial charge is 0.276 e. The maximum absolute atomic E-state index is 12.6. The van der Waals surface area contributed by atoms with Gasteiger partial charge in [-0.25, -0.2) is 4.98 Å². The highest BCUT2D eigenvalue weighted by Crippen LogP contribution is 2.18. The van der Waals surface area contributed by atoms with Gasteiger partial charge in [-0.05, 0) is 29.1 Å². The molecule has 2 heterocycles. The number of carbonyl (C=O) groups is 1. The summed E-state index contributed by atoms with van der Waals surface area (Å²) in [6.07, 6.45) is 5.09. The number of nitrogens with zero attached hydrogens (tertiary/aromatic N) is 3. The van der Waals surface area contributed by atoms with Crippen LogP contribution in [0.2, 0.25) is 5.02 Å². The Hall–Kier alpha value is -3.18. The third kappa shape index (κ3) is 3.43. The van der Waals surface area contributed by atoms with Crippen LogP contribution in [0.3, 0.4) is 0 Å². The summed E-state index contributed by atoms with van der Waals surface area (Å²) in [4.78, 5) is 21.1. The van der Waals surface area contributed by atoms with E-state index in [1.807, 2.05) is 59.2 Å². The monoisotopic (exact) mass is 362 g/mol. The largest absolute Gasteiger partial charge is 0.331 e. The molecular weight excluding hydrogens is 348 g/mol. The molecular formula is C20H15ClN4O. The Morgan fingerprint density at radius 2 is 1.96 bits per heavy atom. The number of anilines is 1. The van der Waals surface area contributed by atoms with Crippen LogP contribution in [0.1, 0.15) is 16.1 Å². The standard InChI is InChI=1S/C20H15ClN4O/c21-16-6-3-4-14(10-16)11-25-12-18(23-13-25)24-20(26)19-17-7-2-1-5-15(17)8-9-22-19/h1-10,12-13H,11H2,(H,24,26). The van der Waals surface area contributed by atoms with Gasteiger partial charge in [0.15, 0.2) is 5.82 Å². The highest BCUT2D eigenvalue weighted by molar-refractivity contribution is 6.30. The molecule has 2 aromatic heterocycles. The van der Waals surface area contributed by atoms with Crippen LogP contribution in [0.15, 0.2) is 73.3 Å². The van der Waals surface area contributed by atoms with Gasteiger partial charge in [-0.2, -0.15) is 0 Å². The molecule has 4 aromatic rings. The summed E-state index contributed by atoms with van der Waals surface area (Å²) in [6.45, 7) is 0.621. The van der Waals surface area contributed by atoms with Crippen molar-refractivity contribution in [2.24, 2.45) is 0 Å². The van der Waals surface area contributed by atoms with Gasteiger partial charge in [-0.1, -0.05) is 48.0 Å². The molecule has 6 heteroatoms. The van der Waals surface area contributed by atoms with Gasteiger partial charge in [-0.15, -0.1) is 0 Å². The molecule has 0 saturated heterocycles. The van der Waals surface area contributed by atoms with Gasteiger partial charge in [0.1, 0.15) is 5.69 Å². The van der Waals surface area contributed by atoms with Crippen LogP contribution in [-0.4, -0.2) is 20.4 Å². The quantitative estimate of drug-likeness (QED) is 0.586. The van der Waals surface area contributed by atoms with Crippen LogP contribution in [0.4, 0.5) is 5.82 Å². The Morgan fingerprint density at radius 3 is 2.85 bits per heavy atom. The van der Waals surface area contributed by atoms with Crippen LogP contribution in [0, 0.1) is 0 Å². The third-order valence-electron chi connectivity index (χ3n) is 4.02. The van der Waals surface area contributed by atoms with E-state index in [0.29, 0.717) is 23.1 Å². The molecule has 5 nitrogen and oxygen atoms in total. The van der Waals surface area contributed by atoms with Gasteiger partial charge in [0, 0.05) is 29.3 Å². The summed E-state index contributed by atoms with van der Waals surface area (Å²) >= 11 is 6.01. The number of carbonyl (C=O) groups excluding carboxylic acids is 1. The van der Waals surface area contributed by atoms with Crippen molar-refractivity contribution in [1.29, 1.82) is 0 Å². The number of fused-ring (bicyclic) bond motifs is 1. The summed E-state index contributed by atoms with van der Waals surface area (Å²) in [7, 11) is 0. The number of hydrogen-bond donors (Lipinski definition) is 1. The van der Waals surface area contributed by atoms with Crippen molar-refractivity contribution >= 4 is 34.1 Å². The van der Waals surface area contributed by atoms with E-state index < -0.39 is 0 Å². The van der Waals surface area contributed by atoms with Gasteiger partial charge in [0.05, 0.1) is 6.33 Å². The van der Waals surface area contributed by atoms with E-state index in [-0.39, 0.29) is 5.91 Å². The van der Waals surface area contributed by atoms with Crippen molar-refractivity contribution in [2.45, 2.75) is 6.54 Å². The first-order chi connectivity index (χ1) is 12.7. The summed E-state index contributed by atoms with van der Waals surface area (Å²) in [5, 5.41) is 5.28. The van der Waals surface area contributed by atoms with Gasteiger partial charge in [-0.3, -0.25) is 9.78 Å². The van der Waals surface area contributed by atoms with Crippen molar-refractivity contribution in [3.05, 3.63) is 89.6 Å². The molecule has 4 rings (SSSR count). The number of benzene rings is 2. The molecule has 0 bridgehead atoms. The zero-order valence-electron chi connectivity index (χ0n) is 13.8. The Bertz CT molecular complexity index is 1080. The topological polar surface area (TPSA) is 59.8 Å². The van der Waals surface area contributed by atoms with Crippen molar-refractivity contribution in [1.82, 2.24) is 14.5 Å².